The second-order valence-electron chi connectivity index (χ2n) is 4.52. The molecule has 0 nitrogen and oxygen atoms in total. The lowest BCUT2D eigenvalue weighted by Gasteiger charge is -2.18. The molecule has 2 aromatic carbocycles. The Kier molecular flexibility index (Phi) is 2.51. The van der Waals surface area contributed by atoms with Crippen molar-refractivity contribution in [3.8, 4) is 0 Å². The summed E-state index contributed by atoms with van der Waals surface area (Å²) in [6.07, 6.45) is 0.564. The van der Waals surface area contributed by atoms with E-state index < -0.39 is 9.09 Å². The minimum Gasteiger partial charge on any atom is -0.231 e. The molecule has 1 fully saturated rings. The van der Waals surface area contributed by atoms with Gasteiger partial charge in [-0.3, -0.25) is 0 Å². The van der Waals surface area contributed by atoms with Crippen LogP contribution in [0.3, 0.4) is 0 Å². The summed E-state index contributed by atoms with van der Waals surface area (Å²) in [5.74, 6) is 0. The molecule has 3 rings (SSSR count). The first-order valence-corrected chi connectivity index (χ1v) is 6.74. The van der Waals surface area contributed by atoms with Crippen molar-refractivity contribution in [2.24, 2.45) is 0 Å². The van der Waals surface area contributed by atoms with Crippen LogP contribution in [0.1, 0.15) is 17.5 Å². The molecule has 1 aliphatic carbocycles. The first-order chi connectivity index (χ1) is 8.17. The molecule has 0 aromatic heterocycles. The molecule has 0 amide bonds. The van der Waals surface area contributed by atoms with Crippen molar-refractivity contribution in [3.05, 3.63) is 71.8 Å². The molecule has 0 saturated heterocycles. The lowest BCUT2D eigenvalue weighted by atomic mass is 9.88. The van der Waals surface area contributed by atoms with E-state index in [9.17, 15) is 4.39 Å². The van der Waals surface area contributed by atoms with E-state index in [1.165, 1.54) is 0 Å². The average molecular weight is 338 g/mol. The maximum Gasteiger partial charge on any atom is 0.176 e. The molecule has 2 aromatic rings. The highest BCUT2D eigenvalue weighted by molar-refractivity contribution is 14.1. The van der Waals surface area contributed by atoms with E-state index in [0.29, 0.717) is 6.42 Å². The molecule has 0 bridgehead atoms. The topological polar surface area (TPSA) is 0 Å². The standard InChI is InChI=1S/C15H12FI/c16-15(17)11-14(15,12-7-3-1-4-8-12)13-9-5-2-6-10-13/h1-10H,11H2/t15-/m1/s1. The van der Waals surface area contributed by atoms with Gasteiger partial charge in [0.15, 0.2) is 3.68 Å². The highest BCUT2D eigenvalue weighted by Gasteiger charge is 2.69. The van der Waals surface area contributed by atoms with Crippen molar-refractivity contribution in [2.45, 2.75) is 15.5 Å². The van der Waals surface area contributed by atoms with E-state index in [2.05, 4.69) is 0 Å². The zero-order valence-corrected chi connectivity index (χ0v) is 11.4. The predicted molar refractivity (Wildman–Crippen MR) is 76.1 cm³/mol. The summed E-state index contributed by atoms with van der Waals surface area (Å²) >= 11 is 1.94. The third-order valence-electron chi connectivity index (χ3n) is 3.52. The smallest absolute Gasteiger partial charge is 0.176 e. The largest absolute Gasteiger partial charge is 0.231 e. The van der Waals surface area contributed by atoms with E-state index in [4.69, 9.17) is 0 Å². The van der Waals surface area contributed by atoms with Crippen molar-refractivity contribution in [2.75, 3.05) is 0 Å². The van der Waals surface area contributed by atoms with Crippen LogP contribution in [0.25, 0.3) is 0 Å². The average Bonchev–Trinajstić information content (AvgIpc) is 2.96. The maximum atomic E-state index is 14.5. The van der Waals surface area contributed by atoms with Crippen molar-refractivity contribution in [1.82, 2.24) is 0 Å². The van der Waals surface area contributed by atoms with Gasteiger partial charge in [-0.2, -0.15) is 0 Å². The summed E-state index contributed by atoms with van der Waals surface area (Å²) in [6.45, 7) is 0. The van der Waals surface area contributed by atoms with Gasteiger partial charge in [0, 0.05) is 6.42 Å². The molecular weight excluding hydrogens is 326 g/mol. The Morgan fingerprint density at radius 2 is 1.18 bits per heavy atom. The number of rotatable bonds is 2. The second-order valence-corrected chi connectivity index (χ2v) is 6.23. The molecule has 1 aliphatic rings. The molecule has 0 heterocycles. The lowest BCUT2D eigenvalue weighted by Crippen LogP contribution is -2.16. The van der Waals surface area contributed by atoms with E-state index in [1.54, 1.807) is 0 Å². The summed E-state index contributed by atoms with van der Waals surface area (Å²) in [7, 11) is 0. The lowest BCUT2D eigenvalue weighted by molar-refractivity contribution is 0.422. The molecule has 0 unspecified atom stereocenters. The third kappa shape index (κ3) is 1.61. The van der Waals surface area contributed by atoms with E-state index in [0.717, 1.165) is 11.1 Å². The normalized spacial score (nSPS) is 25.5. The van der Waals surface area contributed by atoms with Gasteiger partial charge in [0.2, 0.25) is 0 Å². The minimum atomic E-state index is -1.16. The van der Waals surface area contributed by atoms with Gasteiger partial charge in [0.25, 0.3) is 0 Å². The van der Waals surface area contributed by atoms with Crippen LogP contribution in [0.2, 0.25) is 0 Å². The fourth-order valence-corrected chi connectivity index (χ4v) is 3.72. The quantitative estimate of drug-likeness (QED) is 0.560. The number of halogens is 2. The highest BCUT2D eigenvalue weighted by atomic mass is 127. The van der Waals surface area contributed by atoms with E-state index in [1.807, 2.05) is 83.3 Å². The molecule has 0 N–H and O–H groups in total. The van der Waals surface area contributed by atoms with Gasteiger partial charge in [-0.15, -0.1) is 0 Å². The highest BCUT2D eigenvalue weighted by Crippen LogP contribution is 2.67. The molecule has 2 heteroatoms. The van der Waals surface area contributed by atoms with E-state index in [-0.39, 0.29) is 0 Å². The second kappa shape index (κ2) is 3.80. The van der Waals surface area contributed by atoms with Gasteiger partial charge >= 0.3 is 0 Å². The Hall–Kier alpha value is -0.900. The van der Waals surface area contributed by atoms with Crippen LogP contribution in [0.5, 0.6) is 0 Å². The fourth-order valence-electron chi connectivity index (χ4n) is 2.53. The summed E-state index contributed by atoms with van der Waals surface area (Å²) in [6, 6.07) is 19.9. The monoisotopic (exact) mass is 338 g/mol. The first kappa shape index (κ1) is 11.2. The minimum absolute atomic E-state index is 0.448. The van der Waals surface area contributed by atoms with Crippen LogP contribution in [0.4, 0.5) is 4.39 Å². The molecule has 0 spiro atoms. The van der Waals surface area contributed by atoms with Crippen molar-refractivity contribution in [1.29, 1.82) is 0 Å². The molecular formula is C15H12FI. The Balaban J connectivity index is 2.15. The first-order valence-electron chi connectivity index (χ1n) is 5.66. The van der Waals surface area contributed by atoms with Crippen molar-refractivity contribution < 1.29 is 4.39 Å². The molecule has 1 atom stereocenters. The summed E-state index contributed by atoms with van der Waals surface area (Å²) in [4.78, 5) is 0. The van der Waals surface area contributed by atoms with Crippen LogP contribution in [0.15, 0.2) is 60.7 Å². The number of hydrogen-bond acceptors (Lipinski definition) is 0. The van der Waals surface area contributed by atoms with Gasteiger partial charge in [-0.25, -0.2) is 4.39 Å². The zero-order chi connectivity index (χ0) is 11.9. The zero-order valence-electron chi connectivity index (χ0n) is 9.24. The molecule has 1 saturated carbocycles. The summed E-state index contributed by atoms with van der Waals surface area (Å²) in [5.41, 5.74) is 1.70. The van der Waals surface area contributed by atoms with Crippen molar-refractivity contribution >= 4 is 22.6 Å². The molecule has 0 radical (unpaired) electrons. The van der Waals surface area contributed by atoms with Gasteiger partial charge in [-0.05, 0) is 33.7 Å². The molecule has 17 heavy (non-hydrogen) atoms. The van der Waals surface area contributed by atoms with Gasteiger partial charge in [0.05, 0.1) is 5.41 Å². The summed E-state index contributed by atoms with van der Waals surface area (Å²) in [5, 5.41) is 0. The predicted octanol–water partition coefficient (Wildman–Crippen LogP) is 4.48. The maximum absolute atomic E-state index is 14.5. The molecule has 0 aliphatic heterocycles. The van der Waals surface area contributed by atoms with Crippen LogP contribution in [-0.2, 0) is 5.41 Å². The Bertz CT molecular complexity index is 480. The number of benzene rings is 2. The molecule has 86 valence electrons. The van der Waals surface area contributed by atoms with Gasteiger partial charge in [-0.1, -0.05) is 60.7 Å². The number of alkyl halides is 2. The Morgan fingerprint density at radius 3 is 1.47 bits per heavy atom. The fraction of sp³-hybridized carbons (Fsp3) is 0.200. The van der Waals surface area contributed by atoms with Gasteiger partial charge in [0.1, 0.15) is 0 Å². The Labute approximate surface area is 114 Å². The van der Waals surface area contributed by atoms with Crippen LogP contribution in [0, 0.1) is 0 Å². The van der Waals surface area contributed by atoms with Gasteiger partial charge < -0.3 is 0 Å². The SMILES string of the molecule is F[C@@]1(I)CC1(c1ccccc1)c1ccccc1. The summed E-state index contributed by atoms with van der Waals surface area (Å²) < 4.78 is 13.3. The van der Waals surface area contributed by atoms with Crippen LogP contribution in [-0.4, -0.2) is 3.68 Å². The Morgan fingerprint density at radius 1 is 0.824 bits per heavy atom. The van der Waals surface area contributed by atoms with Crippen LogP contribution >= 0.6 is 22.6 Å². The van der Waals surface area contributed by atoms with E-state index >= 15 is 0 Å². The van der Waals surface area contributed by atoms with Crippen molar-refractivity contribution in [3.63, 3.8) is 0 Å². The number of hydrogen-bond donors (Lipinski definition) is 0. The third-order valence-corrected chi connectivity index (χ3v) is 4.82. The van der Waals surface area contributed by atoms with Crippen LogP contribution < -0.4 is 0 Å².